The van der Waals surface area contributed by atoms with E-state index in [2.05, 4.69) is 13.0 Å². The molecule has 4 heteroatoms. The molecular formula is C14H18N2OS. The molecule has 1 aromatic rings. The quantitative estimate of drug-likeness (QED) is 0.850. The second-order valence-corrected chi connectivity index (χ2v) is 5.22. The van der Waals surface area contributed by atoms with Gasteiger partial charge >= 0.3 is 0 Å². The molecule has 0 fully saturated rings. The highest BCUT2D eigenvalue weighted by Gasteiger charge is 2.34. The summed E-state index contributed by atoms with van der Waals surface area (Å²) in [6.07, 6.45) is 1.55. The van der Waals surface area contributed by atoms with Crippen LogP contribution in [-0.2, 0) is 11.2 Å². The number of para-hydroxylation sites is 1. The lowest BCUT2D eigenvalue weighted by Gasteiger charge is -2.26. The van der Waals surface area contributed by atoms with Crippen LogP contribution >= 0.6 is 12.2 Å². The van der Waals surface area contributed by atoms with Crippen molar-refractivity contribution < 1.29 is 4.79 Å². The summed E-state index contributed by atoms with van der Waals surface area (Å²) in [5, 5.41) is 0. The van der Waals surface area contributed by atoms with Crippen LogP contribution < -0.4 is 10.6 Å². The molecule has 1 heterocycles. The van der Waals surface area contributed by atoms with Crippen molar-refractivity contribution in [2.45, 2.75) is 32.7 Å². The number of hydrogen-bond donors (Lipinski definition) is 1. The van der Waals surface area contributed by atoms with Gasteiger partial charge in [0.2, 0.25) is 5.91 Å². The lowest BCUT2D eigenvalue weighted by atomic mass is 10.0. The van der Waals surface area contributed by atoms with Gasteiger partial charge in [0.1, 0.15) is 0 Å². The Morgan fingerprint density at radius 1 is 1.56 bits per heavy atom. The van der Waals surface area contributed by atoms with Crippen LogP contribution in [0.1, 0.15) is 25.8 Å². The second-order valence-electron chi connectivity index (χ2n) is 4.75. The minimum absolute atomic E-state index is 0.0300. The fraction of sp³-hybridized carbons (Fsp3) is 0.429. The monoisotopic (exact) mass is 262 g/mol. The number of amides is 1. The van der Waals surface area contributed by atoms with Crippen LogP contribution in [0.2, 0.25) is 0 Å². The first kappa shape index (κ1) is 13.0. The van der Waals surface area contributed by atoms with Gasteiger partial charge in [-0.2, -0.15) is 0 Å². The van der Waals surface area contributed by atoms with Crippen LogP contribution in [0.15, 0.2) is 24.3 Å². The number of fused-ring (bicyclic) bond motifs is 1. The number of carbonyl (C=O) groups is 1. The zero-order valence-electron chi connectivity index (χ0n) is 10.7. The molecule has 0 spiro atoms. The topological polar surface area (TPSA) is 46.3 Å². The summed E-state index contributed by atoms with van der Waals surface area (Å²) in [6, 6.07) is 8.20. The molecule has 2 N–H and O–H groups in total. The first-order chi connectivity index (χ1) is 8.56. The van der Waals surface area contributed by atoms with Gasteiger partial charge in [-0.25, -0.2) is 0 Å². The summed E-state index contributed by atoms with van der Waals surface area (Å²) in [5.41, 5.74) is 7.89. The SMILES string of the molecule is CCC(C(=O)N1c2ccccc2CC1C)C(N)=S. The van der Waals surface area contributed by atoms with Gasteiger partial charge in [-0.05, 0) is 31.4 Å². The van der Waals surface area contributed by atoms with Crippen molar-refractivity contribution in [1.82, 2.24) is 0 Å². The summed E-state index contributed by atoms with van der Waals surface area (Å²) in [7, 11) is 0. The van der Waals surface area contributed by atoms with Gasteiger partial charge in [0.05, 0.1) is 10.9 Å². The molecule has 0 aliphatic carbocycles. The number of anilines is 1. The lowest BCUT2D eigenvalue weighted by Crippen LogP contribution is -2.43. The average molecular weight is 262 g/mol. The van der Waals surface area contributed by atoms with E-state index in [1.165, 1.54) is 5.56 Å². The molecule has 1 aliphatic rings. The van der Waals surface area contributed by atoms with Crippen molar-refractivity contribution in [3.8, 4) is 0 Å². The predicted molar refractivity (Wildman–Crippen MR) is 77.7 cm³/mol. The predicted octanol–water partition coefficient (Wildman–Crippen LogP) is 2.28. The van der Waals surface area contributed by atoms with Crippen LogP contribution in [0, 0.1) is 5.92 Å². The molecule has 2 atom stereocenters. The van der Waals surface area contributed by atoms with Crippen LogP contribution in [0.5, 0.6) is 0 Å². The van der Waals surface area contributed by atoms with E-state index < -0.39 is 0 Å². The maximum absolute atomic E-state index is 12.5. The van der Waals surface area contributed by atoms with Crippen molar-refractivity contribution in [2.75, 3.05) is 4.90 Å². The fourth-order valence-corrected chi connectivity index (χ4v) is 2.83. The third-order valence-electron chi connectivity index (χ3n) is 3.49. The second kappa shape index (κ2) is 5.06. The van der Waals surface area contributed by atoms with E-state index in [9.17, 15) is 4.79 Å². The Labute approximate surface area is 113 Å². The Hall–Kier alpha value is -1.42. The maximum atomic E-state index is 12.5. The molecule has 0 aromatic heterocycles. The fourth-order valence-electron chi connectivity index (χ4n) is 2.57. The van der Waals surface area contributed by atoms with Crippen molar-refractivity contribution in [3.05, 3.63) is 29.8 Å². The summed E-state index contributed by atoms with van der Waals surface area (Å²) >= 11 is 5.00. The van der Waals surface area contributed by atoms with Gasteiger partial charge in [0.25, 0.3) is 0 Å². The summed E-state index contributed by atoms with van der Waals surface area (Å²) in [6.45, 7) is 4.00. The molecule has 2 unspecified atom stereocenters. The van der Waals surface area contributed by atoms with Gasteiger partial charge in [-0.3, -0.25) is 4.79 Å². The number of nitrogens with two attached hydrogens (primary N) is 1. The molecule has 18 heavy (non-hydrogen) atoms. The summed E-state index contributed by atoms with van der Waals surface area (Å²) in [5.74, 6) is -0.323. The average Bonchev–Trinajstić information content (AvgIpc) is 2.64. The number of rotatable bonds is 3. The summed E-state index contributed by atoms with van der Waals surface area (Å²) in [4.78, 5) is 14.7. The molecule has 1 aromatic carbocycles. The van der Waals surface area contributed by atoms with Crippen molar-refractivity contribution in [2.24, 2.45) is 11.7 Å². The molecule has 0 saturated heterocycles. The number of carbonyl (C=O) groups excluding carboxylic acids is 1. The molecule has 0 saturated carbocycles. The van der Waals surface area contributed by atoms with Crippen molar-refractivity contribution in [1.29, 1.82) is 0 Å². The van der Waals surface area contributed by atoms with Crippen LogP contribution in [0.3, 0.4) is 0 Å². The molecule has 1 amide bonds. The van der Waals surface area contributed by atoms with E-state index in [0.29, 0.717) is 11.4 Å². The van der Waals surface area contributed by atoms with E-state index in [0.717, 1.165) is 12.1 Å². The molecule has 0 radical (unpaired) electrons. The van der Waals surface area contributed by atoms with Crippen molar-refractivity contribution >= 4 is 28.8 Å². The van der Waals surface area contributed by atoms with Crippen LogP contribution in [0.25, 0.3) is 0 Å². The lowest BCUT2D eigenvalue weighted by molar-refractivity contribution is -0.120. The minimum Gasteiger partial charge on any atom is -0.393 e. The normalized spacial score (nSPS) is 19.4. The van der Waals surface area contributed by atoms with Crippen LogP contribution in [0.4, 0.5) is 5.69 Å². The van der Waals surface area contributed by atoms with E-state index in [4.69, 9.17) is 18.0 Å². The first-order valence-corrected chi connectivity index (χ1v) is 6.67. The van der Waals surface area contributed by atoms with E-state index >= 15 is 0 Å². The van der Waals surface area contributed by atoms with Gasteiger partial charge in [-0.15, -0.1) is 0 Å². The zero-order chi connectivity index (χ0) is 13.3. The van der Waals surface area contributed by atoms with Gasteiger partial charge in [-0.1, -0.05) is 37.3 Å². The zero-order valence-corrected chi connectivity index (χ0v) is 11.5. The molecule has 1 aliphatic heterocycles. The Kier molecular flexibility index (Phi) is 3.66. The molecular weight excluding hydrogens is 244 g/mol. The Bertz CT molecular complexity index is 486. The Balaban J connectivity index is 2.34. The number of nitrogens with zero attached hydrogens (tertiary/aromatic N) is 1. The Morgan fingerprint density at radius 3 is 2.83 bits per heavy atom. The minimum atomic E-state index is -0.353. The van der Waals surface area contributed by atoms with Gasteiger partial charge in [0.15, 0.2) is 0 Å². The largest absolute Gasteiger partial charge is 0.393 e. The number of thiocarbonyl (C=S) groups is 1. The van der Waals surface area contributed by atoms with E-state index in [-0.39, 0.29) is 17.9 Å². The van der Waals surface area contributed by atoms with E-state index in [1.54, 1.807) is 0 Å². The van der Waals surface area contributed by atoms with Gasteiger partial charge in [0, 0.05) is 11.7 Å². The Morgan fingerprint density at radius 2 is 2.22 bits per heavy atom. The molecule has 2 rings (SSSR count). The third-order valence-corrected chi connectivity index (χ3v) is 3.78. The number of hydrogen-bond acceptors (Lipinski definition) is 2. The van der Waals surface area contributed by atoms with Gasteiger partial charge < -0.3 is 10.6 Å². The highest BCUT2D eigenvalue weighted by molar-refractivity contribution is 7.80. The standard InChI is InChI=1S/C14H18N2OS/c1-3-11(13(15)18)14(17)16-9(2)8-10-6-4-5-7-12(10)16/h4-7,9,11H,3,8H2,1-2H3,(H2,15,18). The first-order valence-electron chi connectivity index (χ1n) is 6.26. The number of benzene rings is 1. The molecule has 0 bridgehead atoms. The maximum Gasteiger partial charge on any atom is 0.237 e. The summed E-state index contributed by atoms with van der Waals surface area (Å²) < 4.78 is 0. The van der Waals surface area contributed by atoms with E-state index in [1.807, 2.05) is 30.0 Å². The highest BCUT2D eigenvalue weighted by atomic mass is 32.1. The van der Waals surface area contributed by atoms with Crippen LogP contribution in [-0.4, -0.2) is 16.9 Å². The molecule has 96 valence electrons. The molecule has 3 nitrogen and oxygen atoms in total. The highest BCUT2D eigenvalue weighted by Crippen LogP contribution is 2.33. The third kappa shape index (κ3) is 2.12. The van der Waals surface area contributed by atoms with Crippen molar-refractivity contribution in [3.63, 3.8) is 0 Å². The smallest absolute Gasteiger partial charge is 0.237 e.